The van der Waals surface area contributed by atoms with Gasteiger partial charge in [-0.15, -0.1) is 0 Å². The molecule has 2 nitrogen and oxygen atoms in total. The van der Waals surface area contributed by atoms with E-state index in [1.54, 1.807) is 0 Å². The first kappa shape index (κ1) is 24.8. The highest BCUT2D eigenvalue weighted by Gasteiger charge is 2.74. The number of hydrogen-bond donors (Lipinski definition) is 0. The van der Waals surface area contributed by atoms with Crippen LogP contribution in [-0.4, -0.2) is 17.5 Å². The van der Waals surface area contributed by atoms with Gasteiger partial charge in [0, 0.05) is 11.8 Å². The first-order valence-corrected chi connectivity index (χ1v) is 15.4. The molecule has 2 aromatic carbocycles. The van der Waals surface area contributed by atoms with E-state index in [1.807, 2.05) is 0 Å². The minimum atomic E-state index is -0.479. The fraction of sp³-hybridized carbons (Fsp3) is 0.583. The van der Waals surface area contributed by atoms with Gasteiger partial charge in [-0.25, -0.2) is 0 Å². The molecule has 2 aromatic rings. The van der Waals surface area contributed by atoms with Crippen LogP contribution in [0.5, 0.6) is 0 Å². The lowest BCUT2D eigenvalue weighted by molar-refractivity contribution is -0.307. The van der Waals surface area contributed by atoms with Gasteiger partial charge in [0.2, 0.25) is 0 Å². The van der Waals surface area contributed by atoms with Crippen molar-refractivity contribution in [3.63, 3.8) is 0 Å². The Hall–Kier alpha value is -2.19. The van der Waals surface area contributed by atoms with E-state index in [0.29, 0.717) is 41.5 Å². The van der Waals surface area contributed by atoms with Crippen LogP contribution in [0.2, 0.25) is 0 Å². The highest BCUT2D eigenvalue weighted by Crippen LogP contribution is 2.72. The van der Waals surface area contributed by atoms with Crippen LogP contribution in [0, 0.1) is 40.4 Å². The molecule has 6 aliphatic rings. The Morgan fingerprint density at radius 3 is 2.26 bits per heavy atom. The Morgan fingerprint density at radius 2 is 1.58 bits per heavy atom. The molecule has 0 amide bonds. The summed E-state index contributed by atoms with van der Waals surface area (Å²) in [5.74, 6) is 3.34. The van der Waals surface area contributed by atoms with E-state index in [4.69, 9.17) is 4.74 Å². The normalized spacial score (nSPS) is 41.8. The molecule has 38 heavy (non-hydrogen) atoms. The number of benzene rings is 2. The minimum Gasteiger partial charge on any atom is -0.363 e. The maximum Gasteiger partial charge on any atom is 0.166 e. The molecule has 2 aliphatic heterocycles. The molecule has 0 radical (unpaired) electrons. The van der Waals surface area contributed by atoms with Crippen LogP contribution in [0.25, 0.3) is 5.57 Å². The number of Topliss-reactive ketones (excluding diaryl/α,β-unsaturated/α-hetero) is 1. The lowest BCUT2D eigenvalue weighted by Gasteiger charge is -2.70. The third-order valence-electron chi connectivity index (χ3n) is 12.5. The van der Waals surface area contributed by atoms with Gasteiger partial charge < -0.3 is 4.74 Å². The van der Waals surface area contributed by atoms with E-state index in [1.165, 1.54) is 55.2 Å². The van der Waals surface area contributed by atoms with Gasteiger partial charge in [-0.2, -0.15) is 0 Å². The van der Waals surface area contributed by atoms with Crippen molar-refractivity contribution in [1.29, 1.82) is 0 Å². The topological polar surface area (TPSA) is 26.3 Å². The Morgan fingerprint density at radius 1 is 0.921 bits per heavy atom. The minimum absolute atomic E-state index is 0.0653. The summed E-state index contributed by atoms with van der Waals surface area (Å²) in [5, 5.41) is 0. The Labute approximate surface area is 229 Å². The van der Waals surface area contributed by atoms with E-state index < -0.39 is 5.60 Å². The highest BCUT2D eigenvalue weighted by molar-refractivity contribution is 5.91. The molecule has 2 saturated heterocycles. The standard InChI is InChI=1S/C36H44O2/c1-24(14-16-29(25-10-6-4-7-11-25)26-12-8-5-9-13-26)30-18-19-31-32-17-15-27-22-28-20-21-35(27,3)36(32,38-28)33(37)23-34(30,31)2/h4-13,16,24,27-28,30-32H,14-15,17-23H2,1-3H3. The zero-order valence-corrected chi connectivity index (χ0v) is 23.5. The van der Waals surface area contributed by atoms with Crippen molar-refractivity contribution < 1.29 is 9.53 Å². The van der Waals surface area contributed by atoms with Crippen LogP contribution < -0.4 is 0 Å². The van der Waals surface area contributed by atoms with Gasteiger partial charge in [-0.3, -0.25) is 4.79 Å². The zero-order chi connectivity index (χ0) is 26.1. The third kappa shape index (κ3) is 3.38. The number of allylic oxidation sites excluding steroid dienone is 1. The van der Waals surface area contributed by atoms with Gasteiger partial charge in [0.1, 0.15) is 5.60 Å². The molecule has 4 saturated carbocycles. The molecule has 0 N–H and O–H groups in total. The monoisotopic (exact) mass is 508 g/mol. The van der Waals surface area contributed by atoms with Gasteiger partial charge in [-0.05, 0) is 103 Å². The second-order valence-corrected chi connectivity index (χ2v) is 14.0. The molecule has 4 aliphatic carbocycles. The molecule has 9 atom stereocenters. The van der Waals surface area contributed by atoms with E-state index in [9.17, 15) is 4.79 Å². The number of carbonyl (C=O) groups excluding carboxylic acids is 1. The van der Waals surface area contributed by atoms with Gasteiger partial charge in [0.25, 0.3) is 0 Å². The quantitative estimate of drug-likeness (QED) is 0.405. The van der Waals surface area contributed by atoms with Crippen LogP contribution in [0.15, 0.2) is 66.7 Å². The second kappa shape index (κ2) is 8.91. The predicted octanol–water partition coefficient (Wildman–Crippen LogP) is 8.50. The van der Waals surface area contributed by atoms with Crippen molar-refractivity contribution in [2.24, 2.45) is 40.4 Å². The van der Waals surface area contributed by atoms with Crippen LogP contribution >= 0.6 is 0 Å². The fourth-order valence-corrected chi connectivity index (χ4v) is 10.7. The summed E-state index contributed by atoms with van der Waals surface area (Å²) in [6, 6.07) is 21.6. The second-order valence-electron chi connectivity index (χ2n) is 14.0. The molecule has 9 unspecified atom stereocenters. The van der Waals surface area contributed by atoms with Crippen LogP contribution in [0.3, 0.4) is 0 Å². The Balaban J connectivity index is 1.17. The Bertz CT molecular complexity index is 1190. The summed E-state index contributed by atoms with van der Waals surface area (Å²) in [6.07, 6.45) is 13.2. The molecule has 8 rings (SSSR count). The summed E-state index contributed by atoms with van der Waals surface area (Å²) in [7, 11) is 0. The molecule has 2 heteroatoms. The summed E-state index contributed by atoms with van der Waals surface area (Å²) >= 11 is 0. The lowest BCUT2D eigenvalue weighted by Crippen LogP contribution is -2.75. The number of ketones is 1. The van der Waals surface area contributed by atoms with Crippen LogP contribution in [0.4, 0.5) is 0 Å². The van der Waals surface area contributed by atoms with Gasteiger partial charge in [0.05, 0.1) is 6.10 Å². The number of fused-ring (bicyclic) bond motifs is 3. The fourth-order valence-electron chi connectivity index (χ4n) is 10.7. The van der Waals surface area contributed by atoms with Gasteiger partial charge >= 0.3 is 0 Å². The molecular weight excluding hydrogens is 464 g/mol. The average Bonchev–Trinajstić information content (AvgIpc) is 3.26. The molecule has 6 fully saturated rings. The first-order valence-electron chi connectivity index (χ1n) is 15.4. The maximum atomic E-state index is 14.4. The molecular formula is C36H44O2. The smallest absolute Gasteiger partial charge is 0.166 e. The predicted molar refractivity (Wildman–Crippen MR) is 153 cm³/mol. The summed E-state index contributed by atoms with van der Waals surface area (Å²) < 4.78 is 6.93. The van der Waals surface area contributed by atoms with Crippen molar-refractivity contribution in [2.45, 2.75) is 90.3 Å². The van der Waals surface area contributed by atoms with Crippen LogP contribution in [-0.2, 0) is 9.53 Å². The average molecular weight is 509 g/mol. The van der Waals surface area contributed by atoms with E-state index >= 15 is 0 Å². The molecule has 1 spiro atoms. The summed E-state index contributed by atoms with van der Waals surface area (Å²) in [6.45, 7) is 7.38. The van der Waals surface area contributed by atoms with Crippen molar-refractivity contribution in [3.05, 3.63) is 77.9 Å². The van der Waals surface area contributed by atoms with Crippen molar-refractivity contribution in [1.82, 2.24) is 0 Å². The van der Waals surface area contributed by atoms with Gasteiger partial charge in [-0.1, -0.05) is 87.5 Å². The van der Waals surface area contributed by atoms with Crippen molar-refractivity contribution >= 4 is 11.4 Å². The number of hydrogen-bond acceptors (Lipinski definition) is 2. The molecule has 0 aromatic heterocycles. The maximum absolute atomic E-state index is 14.4. The zero-order valence-electron chi connectivity index (χ0n) is 23.5. The SMILES string of the molecule is CC(CC=C(c1ccccc1)c1ccccc1)C1CCC2C3CCC4CC5CCC4(C)C3(O5)C(=O)CC12C. The van der Waals surface area contributed by atoms with E-state index in [-0.39, 0.29) is 10.8 Å². The first-order chi connectivity index (χ1) is 18.4. The molecule has 2 heterocycles. The Kier molecular flexibility index (Phi) is 5.82. The van der Waals surface area contributed by atoms with Gasteiger partial charge in [0.15, 0.2) is 5.78 Å². The van der Waals surface area contributed by atoms with Crippen molar-refractivity contribution in [2.75, 3.05) is 0 Å². The van der Waals surface area contributed by atoms with E-state index in [0.717, 1.165) is 19.3 Å². The molecule has 4 bridgehead atoms. The van der Waals surface area contributed by atoms with Crippen LogP contribution in [0.1, 0.15) is 89.7 Å². The number of ether oxygens (including phenoxy) is 1. The summed E-state index contributed by atoms with van der Waals surface area (Å²) in [4.78, 5) is 14.4. The number of carbonyl (C=O) groups is 1. The lowest BCUT2D eigenvalue weighted by atomic mass is 9.40. The van der Waals surface area contributed by atoms with E-state index in [2.05, 4.69) is 87.5 Å². The molecule has 200 valence electrons. The largest absolute Gasteiger partial charge is 0.363 e. The summed E-state index contributed by atoms with van der Waals surface area (Å²) in [5.41, 5.74) is 3.58. The third-order valence-corrected chi connectivity index (χ3v) is 12.5. The number of rotatable bonds is 5. The van der Waals surface area contributed by atoms with Crippen molar-refractivity contribution in [3.8, 4) is 0 Å². The highest BCUT2D eigenvalue weighted by atomic mass is 16.5.